The summed E-state index contributed by atoms with van der Waals surface area (Å²) in [5.41, 5.74) is 0.529. The predicted molar refractivity (Wildman–Crippen MR) is 74.6 cm³/mol. The van der Waals surface area contributed by atoms with Crippen LogP contribution in [0, 0.1) is 0 Å². The van der Waals surface area contributed by atoms with E-state index in [0.717, 1.165) is 6.54 Å². The van der Waals surface area contributed by atoms with E-state index in [9.17, 15) is 9.90 Å². The average Bonchev–Trinajstić information content (AvgIpc) is 2.81. The number of hydrogen-bond donors (Lipinski definition) is 3. The third kappa shape index (κ3) is 3.92. The first-order valence-corrected chi connectivity index (χ1v) is 6.31. The summed E-state index contributed by atoms with van der Waals surface area (Å²) in [5, 5.41) is 19.9. The summed E-state index contributed by atoms with van der Waals surface area (Å²) in [6, 6.07) is 0.00198. The Balaban J connectivity index is 0.00000180. The molecule has 0 spiro atoms. The van der Waals surface area contributed by atoms with Crippen molar-refractivity contribution in [2.75, 3.05) is 13.1 Å². The lowest BCUT2D eigenvalue weighted by Crippen LogP contribution is -2.53. The maximum Gasteiger partial charge on any atom is 0.254 e. The number of rotatable bonds is 3. The lowest BCUT2D eigenvalue weighted by atomic mass is 10.0. The minimum absolute atomic E-state index is 0. The first-order chi connectivity index (χ1) is 8.58. The van der Waals surface area contributed by atoms with Crippen LogP contribution in [0.5, 0.6) is 0 Å². The van der Waals surface area contributed by atoms with Crippen molar-refractivity contribution in [2.24, 2.45) is 0 Å². The molecule has 3 N–H and O–H groups in total. The number of aliphatic hydroxyl groups excluding tert-OH is 1. The van der Waals surface area contributed by atoms with Crippen molar-refractivity contribution in [1.82, 2.24) is 20.4 Å². The molecule has 0 saturated carbocycles. The molecule has 0 unspecified atom stereocenters. The van der Waals surface area contributed by atoms with Crippen LogP contribution in [0.25, 0.3) is 0 Å². The SMILES string of the molecule is CC(C)n1cc(C(=O)N[C@@H]2CNCC[C@H]2O)cn1.Cl. The molecule has 2 atom stereocenters. The zero-order valence-corrected chi connectivity index (χ0v) is 12.0. The number of aromatic nitrogens is 2. The predicted octanol–water partition coefficient (Wildman–Crippen LogP) is 0.338. The maximum absolute atomic E-state index is 12.0. The molecule has 1 amide bonds. The summed E-state index contributed by atoms with van der Waals surface area (Å²) in [4.78, 5) is 12.0. The summed E-state index contributed by atoms with van der Waals surface area (Å²) >= 11 is 0. The standard InChI is InChI=1S/C12H20N4O2.ClH/c1-8(2)16-7-9(5-14-16)12(18)15-10-6-13-4-3-11(10)17;/h5,7-8,10-11,13,17H,3-4,6H2,1-2H3,(H,15,18);1H/t10-,11-;/m1./s1. The van der Waals surface area contributed by atoms with E-state index in [1.165, 1.54) is 0 Å². The third-order valence-electron chi connectivity index (χ3n) is 3.15. The van der Waals surface area contributed by atoms with Crippen molar-refractivity contribution >= 4 is 18.3 Å². The van der Waals surface area contributed by atoms with Gasteiger partial charge in [0, 0.05) is 18.8 Å². The van der Waals surface area contributed by atoms with Crippen molar-refractivity contribution in [3.05, 3.63) is 18.0 Å². The van der Waals surface area contributed by atoms with E-state index in [4.69, 9.17) is 0 Å². The molecule has 7 heteroatoms. The first-order valence-electron chi connectivity index (χ1n) is 6.31. The molecule has 2 rings (SSSR count). The summed E-state index contributed by atoms with van der Waals surface area (Å²) in [7, 11) is 0. The van der Waals surface area contributed by atoms with E-state index < -0.39 is 6.10 Å². The van der Waals surface area contributed by atoms with Crippen LogP contribution in [-0.2, 0) is 0 Å². The number of nitrogens with zero attached hydrogens (tertiary/aromatic N) is 2. The minimum atomic E-state index is -0.477. The van der Waals surface area contributed by atoms with Gasteiger partial charge in [-0.15, -0.1) is 12.4 Å². The number of carbonyl (C=O) groups excluding carboxylic acids is 1. The normalized spacial score (nSPS) is 22.9. The van der Waals surface area contributed by atoms with Crippen molar-refractivity contribution < 1.29 is 9.90 Å². The summed E-state index contributed by atoms with van der Waals surface area (Å²) in [6.45, 7) is 5.40. The molecular formula is C12H21ClN4O2. The van der Waals surface area contributed by atoms with Crippen LogP contribution >= 0.6 is 12.4 Å². The summed E-state index contributed by atoms with van der Waals surface area (Å²) < 4.78 is 1.74. The summed E-state index contributed by atoms with van der Waals surface area (Å²) in [5.74, 6) is -0.186. The molecule has 1 aromatic heterocycles. The fraction of sp³-hybridized carbons (Fsp3) is 0.667. The Morgan fingerprint density at radius 2 is 2.37 bits per heavy atom. The highest BCUT2D eigenvalue weighted by atomic mass is 35.5. The molecule has 0 radical (unpaired) electrons. The van der Waals surface area contributed by atoms with Gasteiger partial charge in [-0.25, -0.2) is 0 Å². The molecule has 1 aliphatic heterocycles. The smallest absolute Gasteiger partial charge is 0.254 e. The second-order valence-corrected chi connectivity index (χ2v) is 4.94. The van der Waals surface area contributed by atoms with Gasteiger partial charge in [-0.3, -0.25) is 9.48 Å². The van der Waals surface area contributed by atoms with Gasteiger partial charge in [-0.05, 0) is 26.8 Å². The fourth-order valence-electron chi connectivity index (χ4n) is 1.98. The topological polar surface area (TPSA) is 79.2 Å². The second kappa shape index (κ2) is 6.88. The summed E-state index contributed by atoms with van der Waals surface area (Å²) in [6.07, 6.45) is 3.46. The number of carbonyl (C=O) groups is 1. The van der Waals surface area contributed by atoms with Crippen LogP contribution in [0.4, 0.5) is 0 Å². The van der Waals surface area contributed by atoms with Gasteiger partial charge >= 0.3 is 0 Å². The van der Waals surface area contributed by atoms with E-state index in [1.54, 1.807) is 17.1 Å². The number of aliphatic hydroxyl groups is 1. The van der Waals surface area contributed by atoms with E-state index >= 15 is 0 Å². The number of amides is 1. The number of nitrogens with one attached hydrogen (secondary N) is 2. The van der Waals surface area contributed by atoms with E-state index in [-0.39, 0.29) is 30.4 Å². The molecule has 0 aromatic carbocycles. The quantitative estimate of drug-likeness (QED) is 0.749. The molecule has 1 fully saturated rings. The second-order valence-electron chi connectivity index (χ2n) is 4.94. The van der Waals surface area contributed by atoms with Gasteiger partial charge in [-0.1, -0.05) is 0 Å². The molecular weight excluding hydrogens is 268 g/mol. The van der Waals surface area contributed by atoms with E-state index in [0.29, 0.717) is 18.5 Å². The molecule has 19 heavy (non-hydrogen) atoms. The third-order valence-corrected chi connectivity index (χ3v) is 3.15. The van der Waals surface area contributed by atoms with Crippen LogP contribution < -0.4 is 10.6 Å². The highest BCUT2D eigenvalue weighted by Crippen LogP contribution is 2.08. The van der Waals surface area contributed by atoms with Crippen molar-refractivity contribution in [3.63, 3.8) is 0 Å². The van der Waals surface area contributed by atoms with E-state index in [1.807, 2.05) is 13.8 Å². The Kier molecular flexibility index (Phi) is 5.78. The zero-order chi connectivity index (χ0) is 13.1. The lowest BCUT2D eigenvalue weighted by molar-refractivity contribution is 0.0755. The molecule has 0 bridgehead atoms. The number of hydrogen-bond acceptors (Lipinski definition) is 4. The van der Waals surface area contributed by atoms with Crippen molar-refractivity contribution in [2.45, 2.75) is 38.5 Å². The molecule has 1 saturated heterocycles. The van der Waals surface area contributed by atoms with Gasteiger partial charge < -0.3 is 15.7 Å². The highest BCUT2D eigenvalue weighted by molar-refractivity contribution is 5.93. The van der Waals surface area contributed by atoms with Gasteiger partial charge in [0.2, 0.25) is 0 Å². The Hall–Kier alpha value is -1.11. The highest BCUT2D eigenvalue weighted by Gasteiger charge is 2.25. The lowest BCUT2D eigenvalue weighted by Gasteiger charge is -2.28. The minimum Gasteiger partial charge on any atom is -0.391 e. The van der Waals surface area contributed by atoms with Gasteiger partial charge in [0.1, 0.15) is 0 Å². The van der Waals surface area contributed by atoms with Crippen LogP contribution in [0.2, 0.25) is 0 Å². The molecule has 2 heterocycles. The molecule has 0 aliphatic carbocycles. The Labute approximate surface area is 119 Å². The largest absolute Gasteiger partial charge is 0.391 e. The monoisotopic (exact) mass is 288 g/mol. The Morgan fingerprint density at radius 1 is 1.63 bits per heavy atom. The molecule has 108 valence electrons. The molecule has 6 nitrogen and oxygen atoms in total. The van der Waals surface area contributed by atoms with Crippen LogP contribution in [0.3, 0.4) is 0 Å². The van der Waals surface area contributed by atoms with Crippen LogP contribution in [0.1, 0.15) is 36.7 Å². The Morgan fingerprint density at radius 3 is 2.95 bits per heavy atom. The van der Waals surface area contributed by atoms with Gasteiger partial charge in [0.15, 0.2) is 0 Å². The number of piperidine rings is 1. The average molecular weight is 289 g/mol. The van der Waals surface area contributed by atoms with Gasteiger partial charge in [0.25, 0.3) is 5.91 Å². The number of halogens is 1. The van der Waals surface area contributed by atoms with Crippen LogP contribution in [0.15, 0.2) is 12.4 Å². The molecule has 1 aliphatic rings. The van der Waals surface area contributed by atoms with Crippen molar-refractivity contribution in [1.29, 1.82) is 0 Å². The maximum atomic E-state index is 12.0. The van der Waals surface area contributed by atoms with E-state index in [2.05, 4.69) is 15.7 Å². The van der Waals surface area contributed by atoms with Crippen LogP contribution in [-0.4, -0.2) is 46.0 Å². The molecule has 1 aromatic rings. The first kappa shape index (κ1) is 15.9. The zero-order valence-electron chi connectivity index (χ0n) is 11.2. The Bertz CT molecular complexity index is 422. The fourth-order valence-corrected chi connectivity index (χ4v) is 1.98. The van der Waals surface area contributed by atoms with Crippen molar-refractivity contribution in [3.8, 4) is 0 Å². The van der Waals surface area contributed by atoms with Gasteiger partial charge in [-0.2, -0.15) is 5.10 Å². The van der Waals surface area contributed by atoms with Gasteiger partial charge in [0.05, 0.1) is 23.9 Å².